The molecule has 0 saturated heterocycles. The monoisotopic (exact) mass is 295 g/mol. The summed E-state index contributed by atoms with van der Waals surface area (Å²) in [6, 6.07) is 5.36. The number of ether oxygens (including phenoxy) is 1. The first kappa shape index (κ1) is 16.7. The maximum absolute atomic E-state index is 11.3. The van der Waals surface area contributed by atoms with Gasteiger partial charge in [0.25, 0.3) is 5.91 Å². The highest BCUT2D eigenvalue weighted by molar-refractivity contribution is 6.74. The highest BCUT2D eigenvalue weighted by Gasteiger charge is 2.37. The van der Waals surface area contributed by atoms with E-state index in [2.05, 4.69) is 33.9 Å². The Hall–Kier alpha value is -1.33. The average Bonchev–Trinajstić information content (AvgIpc) is 2.34. The number of primary amides is 1. The van der Waals surface area contributed by atoms with Crippen molar-refractivity contribution in [1.29, 1.82) is 0 Å². The van der Waals surface area contributed by atoms with Gasteiger partial charge in [0, 0.05) is 0 Å². The molecule has 1 aromatic rings. The molecule has 112 valence electrons. The van der Waals surface area contributed by atoms with Crippen LogP contribution in [0.1, 0.15) is 36.7 Å². The van der Waals surface area contributed by atoms with Gasteiger partial charge in [-0.1, -0.05) is 26.8 Å². The molecular weight excluding hydrogens is 270 g/mol. The van der Waals surface area contributed by atoms with Crippen LogP contribution in [0, 0.1) is 0 Å². The van der Waals surface area contributed by atoms with E-state index in [9.17, 15) is 4.79 Å². The summed E-state index contributed by atoms with van der Waals surface area (Å²) < 4.78 is 11.3. The van der Waals surface area contributed by atoms with Gasteiger partial charge in [-0.2, -0.15) is 0 Å². The predicted octanol–water partition coefficient (Wildman–Crippen LogP) is 3.32. The number of nitrogens with two attached hydrogens (primary N) is 1. The van der Waals surface area contributed by atoms with Crippen molar-refractivity contribution >= 4 is 14.2 Å². The second kappa shape index (κ2) is 5.97. The van der Waals surface area contributed by atoms with E-state index in [1.807, 2.05) is 12.1 Å². The molecule has 0 aliphatic rings. The maximum atomic E-state index is 11.3. The van der Waals surface area contributed by atoms with Crippen LogP contribution in [0.25, 0.3) is 0 Å². The smallest absolute Gasteiger partial charge is 0.252 e. The molecular formula is C15H25NO3Si. The second-order valence-corrected chi connectivity index (χ2v) is 11.3. The molecule has 0 aliphatic heterocycles. The number of methoxy groups -OCH3 is 1. The summed E-state index contributed by atoms with van der Waals surface area (Å²) in [7, 11) is -0.255. The van der Waals surface area contributed by atoms with Crippen molar-refractivity contribution in [2.75, 3.05) is 7.11 Å². The van der Waals surface area contributed by atoms with E-state index in [0.29, 0.717) is 17.9 Å². The predicted molar refractivity (Wildman–Crippen MR) is 83.5 cm³/mol. The molecule has 4 nitrogen and oxygen atoms in total. The molecule has 1 rings (SSSR count). The van der Waals surface area contributed by atoms with Crippen LogP contribution in [-0.2, 0) is 11.0 Å². The van der Waals surface area contributed by atoms with E-state index >= 15 is 0 Å². The van der Waals surface area contributed by atoms with Gasteiger partial charge in [-0.3, -0.25) is 4.79 Å². The summed E-state index contributed by atoms with van der Waals surface area (Å²) in [6.07, 6.45) is 0. The lowest BCUT2D eigenvalue weighted by atomic mass is 10.1. The number of benzene rings is 1. The van der Waals surface area contributed by atoms with Crippen LogP contribution in [-0.4, -0.2) is 21.3 Å². The molecule has 0 saturated carbocycles. The maximum Gasteiger partial charge on any atom is 0.252 e. The van der Waals surface area contributed by atoms with E-state index < -0.39 is 14.2 Å². The molecule has 0 aliphatic carbocycles. The molecule has 1 amide bonds. The first-order valence-electron chi connectivity index (χ1n) is 6.69. The van der Waals surface area contributed by atoms with Gasteiger partial charge in [0.15, 0.2) is 8.32 Å². The topological polar surface area (TPSA) is 61.6 Å². The Morgan fingerprint density at radius 2 is 1.90 bits per heavy atom. The molecule has 0 atom stereocenters. The van der Waals surface area contributed by atoms with Gasteiger partial charge in [0.05, 0.1) is 19.3 Å². The van der Waals surface area contributed by atoms with E-state index in [-0.39, 0.29) is 5.04 Å². The standard InChI is InChI=1S/C15H25NO3Si/c1-15(2,3)20(5,6)19-10-11-7-8-12(14(16)17)13(9-11)18-4/h7-9H,10H2,1-6H3,(H2,16,17). The number of amides is 1. The zero-order chi connectivity index (χ0) is 15.6. The minimum absolute atomic E-state index is 0.171. The normalized spacial score (nSPS) is 12.3. The molecule has 0 bridgehead atoms. The Morgan fingerprint density at radius 3 is 2.35 bits per heavy atom. The van der Waals surface area contributed by atoms with Gasteiger partial charge in [0.1, 0.15) is 5.75 Å². The van der Waals surface area contributed by atoms with Crippen LogP contribution in [0.5, 0.6) is 5.75 Å². The second-order valence-electron chi connectivity index (χ2n) is 6.45. The Balaban J connectivity index is 2.88. The first-order valence-corrected chi connectivity index (χ1v) is 9.60. The van der Waals surface area contributed by atoms with Crippen molar-refractivity contribution in [3.63, 3.8) is 0 Å². The minimum atomic E-state index is -1.78. The zero-order valence-corrected chi connectivity index (χ0v) is 14.2. The van der Waals surface area contributed by atoms with Crippen molar-refractivity contribution in [1.82, 2.24) is 0 Å². The summed E-state index contributed by atoms with van der Waals surface area (Å²) in [5, 5.41) is 0.171. The van der Waals surface area contributed by atoms with Crippen LogP contribution < -0.4 is 10.5 Å². The fourth-order valence-electron chi connectivity index (χ4n) is 1.51. The third kappa shape index (κ3) is 3.83. The lowest BCUT2D eigenvalue weighted by molar-refractivity contribution is 0.0997. The Bertz CT molecular complexity index is 492. The van der Waals surface area contributed by atoms with E-state index in [4.69, 9.17) is 14.9 Å². The summed E-state index contributed by atoms with van der Waals surface area (Å²) in [5.74, 6) is 0.00699. The molecule has 1 aromatic carbocycles. The molecule has 0 radical (unpaired) electrons. The van der Waals surface area contributed by atoms with Crippen LogP contribution in [0.3, 0.4) is 0 Å². The third-order valence-electron chi connectivity index (χ3n) is 3.94. The van der Waals surface area contributed by atoms with Gasteiger partial charge < -0.3 is 14.9 Å². The lowest BCUT2D eigenvalue weighted by Gasteiger charge is -2.36. The summed E-state index contributed by atoms with van der Waals surface area (Å²) in [6.45, 7) is 11.6. The van der Waals surface area contributed by atoms with Crippen LogP contribution in [0.4, 0.5) is 0 Å². The number of carbonyl (C=O) groups is 1. The molecule has 0 fully saturated rings. The lowest BCUT2D eigenvalue weighted by Crippen LogP contribution is -2.40. The van der Waals surface area contributed by atoms with E-state index in [0.717, 1.165) is 5.56 Å². The Labute approximate surface area is 122 Å². The molecule has 0 heterocycles. The summed E-state index contributed by atoms with van der Waals surface area (Å²) in [4.78, 5) is 11.3. The Morgan fingerprint density at radius 1 is 1.30 bits per heavy atom. The summed E-state index contributed by atoms with van der Waals surface area (Å²) in [5.41, 5.74) is 6.67. The molecule has 0 unspecified atom stereocenters. The van der Waals surface area contributed by atoms with Crippen molar-refractivity contribution in [3.8, 4) is 5.75 Å². The molecule has 2 N–H and O–H groups in total. The van der Waals surface area contributed by atoms with Gasteiger partial charge >= 0.3 is 0 Å². The average molecular weight is 295 g/mol. The van der Waals surface area contributed by atoms with Crippen molar-refractivity contribution in [3.05, 3.63) is 29.3 Å². The molecule has 5 heteroatoms. The first-order chi connectivity index (χ1) is 9.08. The van der Waals surface area contributed by atoms with E-state index in [1.54, 1.807) is 6.07 Å². The van der Waals surface area contributed by atoms with Crippen molar-refractivity contribution in [2.24, 2.45) is 5.73 Å². The fourth-order valence-corrected chi connectivity index (χ4v) is 2.47. The van der Waals surface area contributed by atoms with Crippen LogP contribution in [0.2, 0.25) is 18.1 Å². The molecule has 0 spiro atoms. The quantitative estimate of drug-likeness (QED) is 0.848. The van der Waals surface area contributed by atoms with Gasteiger partial charge in [-0.05, 0) is 35.8 Å². The largest absolute Gasteiger partial charge is 0.496 e. The number of hydrogen-bond acceptors (Lipinski definition) is 3. The number of hydrogen-bond donors (Lipinski definition) is 1. The van der Waals surface area contributed by atoms with Crippen molar-refractivity contribution in [2.45, 2.75) is 45.5 Å². The van der Waals surface area contributed by atoms with Crippen LogP contribution in [0.15, 0.2) is 18.2 Å². The SMILES string of the molecule is COc1cc(CO[Si](C)(C)C(C)(C)C)ccc1C(N)=O. The highest BCUT2D eigenvalue weighted by atomic mass is 28.4. The van der Waals surface area contributed by atoms with Crippen molar-refractivity contribution < 1.29 is 14.0 Å². The molecule has 0 aromatic heterocycles. The number of rotatable bonds is 5. The fraction of sp³-hybridized carbons (Fsp3) is 0.533. The summed E-state index contributed by atoms with van der Waals surface area (Å²) >= 11 is 0. The van der Waals surface area contributed by atoms with E-state index in [1.165, 1.54) is 7.11 Å². The third-order valence-corrected chi connectivity index (χ3v) is 8.42. The minimum Gasteiger partial charge on any atom is -0.496 e. The van der Waals surface area contributed by atoms with Gasteiger partial charge in [-0.15, -0.1) is 0 Å². The molecule has 20 heavy (non-hydrogen) atoms. The van der Waals surface area contributed by atoms with Crippen LogP contribution >= 0.6 is 0 Å². The van der Waals surface area contributed by atoms with Gasteiger partial charge in [-0.25, -0.2) is 0 Å². The Kier molecular flexibility index (Phi) is 4.99. The highest BCUT2D eigenvalue weighted by Crippen LogP contribution is 2.37. The van der Waals surface area contributed by atoms with Gasteiger partial charge in [0.2, 0.25) is 0 Å². The zero-order valence-electron chi connectivity index (χ0n) is 13.2. The number of carbonyl (C=O) groups excluding carboxylic acids is 1.